The monoisotopic (exact) mass is 335 g/mol. The third-order valence-corrected chi connectivity index (χ3v) is 6.82. The van der Waals surface area contributed by atoms with E-state index in [-0.39, 0.29) is 5.75 Å². The molecule has 23 heavy (non-hydrogen) atoms. The van der Waals surface area contributed by atoms with E-state index in [1.807, 2.05) is 18.2 Å². The van der Waals surface area contributed by atoms with Crippen molar-refractivity contribution in [2.24, 2.45) is 0 Å². The van der Waals surface area contributed by atoms with Crippen molar-refractivity contribution < 1.29 is 12.9 Å². The largest absolute Gasteiger partial charge is 0.356 e. The van der Waals surface area contributed by atoms with Crippen molar-refractivity contribution >= 4 is 21.0 Å². The van der Waals surface area contributed by atoms with E-state index < -0.39 is 10.0 Å². The molecule has 1 aromatic heterocycles. The van der Waals surface area contributed by atoms with Crippen LogP contribution in [0, 0.1) is 0 Å². The number of para-hydroxylation sites is 1. The van der Waals surface area contributed by atoms with Gasteiger partial charge >= 0.3 is 0 Å². The minimum atomic E-state index is -3.35. The van der Waals surface area contributed by atoms with Gasteiger partial charge < -0.3 is 4.52 Å². The summed E-state index contributed by atoms with van der Waals surface area (Å²) in [5.74, 6) is -0.0898. The van der Waals surface area contributed by atoms with Crippen molar-refractivity contribution in [1.82, 2.24) is 14.4 Å². The van der Waals surface area contributed by atoms with Crippen molar-refractivity contribution in [3.8, 4) is 0 Å². The predicted octanol–water partition coefficient (Wildman–Crippen LogP) is 1.83. The van der Waals surface area contributed by atoms with E-state index in [0.717, 1.165) is 18.5 Å². The van der Waals surface area contributed by atoms with E-state index in [9.17, 15) is 8.42 Å². The van der Waals surface area contributed by atoms with Gasteiger partial charge in [0.05, 0.1) is 0 Å². The van der Waals surface area contributed by atoms with Crippen molar-refractivity contribution in [2.45, 2.75) is 31.1 Å². The molecular weight excluding hydrogens is 314 g/mol. The SMILES string of the molecule is O=S(=O)(Cc1noc2ccccc12)N1CCN(C2CCC2)CC1. The quantitative estimate of drug-likeness (QED) is 0.853. The summed E-state index contributed by atoms with van der Waals surface area (Å²) in [6, 6.07) is 8.05. The van der Waals surface area contributed by atoms with Crippen LogP contribution in [-0.4, -0.2) is 55.0 Å². The second-order valence-corrected chi connectivity index (χ2v) is 8.37. The Morgan fingerprint density at radius 2 is 1.87 bits per heavy atom. The summed E-state index contributed by atoms with van der Waals surface area (Å²) < 4.78 is 32.2. The third-order valence-electron chi connectivity index (χ3n) is 5.03. The zero-order chi connectivity index (χ0) is 15.9. The van der Waals surface area contributed by atoms with Gasteiger partial charge in [0.15, 0.2) is 5.58 Å². The first-order chi connectivity index (χ1) is 11.1. The fourth-order valence-electron chi connectivity index (χ4n) is 3.40. The number of sulfonamides is 1. The lowest BCUT2D eigenvalue weighted by Crippen LogP contribution is -2.53. The zero-order valence-corrected chi connectivity index (χ0v) is 13.8. The lowest BCUT2D eigenvalue weighted by Gasteiger charge is -2.42. The smallest absolute Gasteiger partial charge is 0.220 e. The van der Waals surface area contributed by atoms with E-state index in [1.54, 1.807) is 10.4 Å². The average molecular weight is 335 g/mol. The molecule has 1 aliphatic carbocycles. The Bertz CT molecular complexity index is 790. The number of hydrogen-bond acceptors (Lipinski definition) is 5. The molecule has 0 atom stereocenters. The lowest BCUT2D eigenvalue weighted by atomic mass is 9.91. The van der Waals surface area contributed by atoms with Crippen LogP contribution >= 0.6 is 0 Å². The molecule has 0 bridgehead atoms. The van der Waals surface area contributed by atoms with Crippen LogP contribution in [0.25, 0.3) is 11.0 Å². The second-order valence-electron chi connectivity index (χ2n) is 6.40. The fraction of sp³-hybridized carbons (Fsp3) is 0.562. The molecule has 1 aliphatic heterocycles. The molecule has 1 aromatic carbocycles. The minimum Gasteiger partial charge on any atom is -0.356 e. The molecule has 0 spiro atoms. The lowest BCUT2D eigenvalue weighted by molar-refractivity contribution is 0.0888. The highest BCUT2D eigenvalue weighted by molar-refractivity contribution is 7.88. The van der Waals surface area contributed by atoms with Gasteiger partial charge in [-0.1, -0.05) is 23.7 Å². The Labute approximate surface area is 136 Å². The molecule has 2 aliphatic rings. The number of rotatable bonds is 4. The molecule has 124 valence electrons. The van der Waals surface area contributed by atoms with Crippen LogP contribution in [0.2, 0.25) is 0 Å². The Morgan fingerprint density at radius 3 is 2.57 bits per heavy atom. The van der Waals surface area contributed by atoms with Crippen LogP contribution in [0.15, 0.2) is 28.8 Å². The first kappa shape index (κ1) is 15.1. The molecule has 0 N–H and O–H groups in total. The molecule has 0 radical (unpaired) electrons. The number of fused-ring (bicyclic) bond motifs is 1. The first-order valence-electron chi connectivity index (χ1n) is 8.19. The van der Waals surface area contributed by atoms with Crippen LogP contribution < -0.4 is 0 Å². The van der Waals surface area contributed by atoms with E-state index in [1.165, 1.54) is 19.3 Å². The van der Waals surface area contributed by atoms with Gasteiger partial charge in [0.2, 0.25) is 10.0 Å². The maximum atomic E-state index is 12.7. The van der Waals surface area contributed by atoms with Crippen molar-refractivity contribution in [1.29, 1.82) is 0 Å². The molecule has 2 aromatic rings. The Kier molecular flexibility index (Phi) is 3.87. The highest BCUT2D eigenvalue weighted by Gasteiger charge is 2.32. The summed E-state index contributed by atoms with van der Waals surface area (Å²) in [5.41, 5.74) is 1.13. The van der Waals surface area contributed by atoms with Gasteiger partial charge in [0.25, 0.3) is 0 Å². The Hall–Kier alpha value is -1.44. The van der Waals surface area contributed by atoms with Gasteiger partial charge in [-0.25, -0.2) is 8.42 Å². The van der Waals surface area contributed by atoms with Crippen molar-refractivity contribution in [3.63, 3.8) is 0 Å². The third kappa shape index (κ3) is 2.88. The number of hydrogen-bond donors (Lipinski definition) is 0. The summed E-state index contributed by atoms with van der Waals surface area (Å²) >= 11 is 0. The predicted molar refractivity (Wildman–Crippen MR) is 87.4 cm³/mol. The van der Waals surface area contributed by atoms with E-state index in [2.05, 4.69) is 10.1 Å². The summed E-state index contributed by atoms with van der Waals surface area (Å²) in [6.07, 6.45) is 3.83. The molecule has 1 saturated heterocycles. The van der Waals surface area contributed by atoms with Crippen molar-refractivity contribution in [2.75, 3.05) is 26.2 Å². The van der Waals surface area contributed by atoms with Crippen molar-refractivity contribution in [3.05, 3.63) is 30.0 Å². The highest BCUT2D eigenvalue weighted by atomic mass is 32.2. The average Bonchev–Trinajstić information content (AvgIpc) is 2.89. The van der Waals surface area contributed by atoms with Crippen LogP contribution in [0.3, 0.4) is 0 Å². The topological polar surface area (TPSA) is 66.7 Å². The fourth-order valence-corrected chi connectivity index (χ4v) is 4.86. The summed E-state index contributed by atoms with van der Waals surface area (Å²) in [7, 11) is -3.35. The van der Waals surface area contributed by atoms with Gasteiger partial charge in [-0.05, 0) is 25.0 Å². The van der Waals surface area contributed by atoms with Gasteiger partial charge in [0, 0.05) is 37.6 Å². The maximum Gasteiger partial charge on any atom is 0.220 e. The molecule has 2 heterocycles. The summed E-state index contributed by atoms with van der Waals surface area (Å²) in [4.78, 5) is 2.43. The first-order valence-corrected chi connectivity index (χ1v) is 9.79. The molecule has 1 saturated carbocycles. The molecule has 7 heteroatoms. The highest BCUT2D eigenvalue weighted by Crippen LogP contribution is 2.27. The molecule has 2 fully saturated rings. The minimum absolute atomic E-state index is 0.0898. The Balaban J connectivity index is 1.46. The molecular formula is C16H21N3O3S. The van der Waals surface area contributed by atoms with Gasteiger partial charge in [-0.15, -0.1) is 0 Å². The second kappa shape index (κ2) is 5.89. The van der Waals surface area contributed by atoms with Crippen LogP contribution in [0.4, 0.5) is 0 Å². The van der Waals surface area contributed by atoms with Gasteiger partial charge in [-0.3, -0.25) is 4.90 Å². The summed E-state index contributed by atoms with van der Waals surface area (Å²) in [5, 5.41) is 4.73. The number of aromatic nitrogens is 1. The normalized spacial score (nSPS) is 21.6. The molecule has 0 amide bonds. The number of benzene rings is 1. The van der Waals surface area contributed by atoms with Gasteiger partial charge in [0.1, 0.15) is 11.4 Å². The zero-order valence-electron chi connectivity index (χ0n) is 13.0. The molecule has 4 rings (SSSR count). The van der Waals surface area contributed by atoms with E-state index in [0.29, 0.717) is 30.4 Å². The summed E-state index contributed by atoms with van der Waals surface area (Å²) in [6.45, 7) is 2.83. The van der Waals surface area contributed by atoms with Gasteiger partial charge in [-0.2, -0.15) is 4.31 Å². The van der Waals surface area contributed by atoms with E-state index >= 15 is 0 Å². The van der Waals surface area contributed by atoms with E-state index in [4.69, 9.17) is 4.52 Å². The maximum absolute atomic E-state index is 12.7. The Morgan fingerprint density at radius 1 is 1.13 bits per heavy atom. The number of piperazine rings is 1. The standard InChI is InChI=1S/C16H21N3O3S/c20-23(21,12-15-14-6-1-2-7-16(14)22-17-15)19-10-8-18(9-11-19)13-4-3-5-13/h1-2,6-7,13H,3-5,8-12H2. The molecule has 6 nitrogen and oxygen atoms in total. The number of nitrogens with zero attached hydrogens (tertiary/aromatic N) is 3. The van der Waals surface area contributed by atoms with Crippen LogP contribution in [0.5, 0.6) is 0 Å². The van der Waals surface area contributed by atoms with Crippen LogP contribution in [-0.2, 0) is 15.8 Å². The van der Waals surface area contributed by atoms with Crippen LogP contribution in [0.1, 0.15) is 25.0 Å². The molecule has 0 unspecified atom stereocenters.